The van der Waals surface area contributed by atoms with Crippen molar-refractivity contribution in [3.05, 3.63) is 90.1 Å². The molecule has 0 bridgehead atoms. The van der Waals surface area contributed by atoms with Gasteiger partial charge < -0.3 is 69.3 Å². The van der Waals surface area contributed by atoms with Gasteiger partial charge >= 0.3 is 11.9 Å². The van der Waals surface area contributed by atoms with Gasteiger partial charge in [-0.3, -0.25) is 38.6 Å². The van der Waals surface area contributed by atoms with Gasteiger partial charge in [-0.15, -0.1) is 0 Å². The number of nitrogens with two attached hydrogens (primary N) is 3. The molecule has 23 nitrogen and oxygen atoms in total. The van der Waals surface area contributed by atoms with Crippen molar-refractivity contribution in [3.8, 4) is 0 Å². The molecule has 24 heteroatoms. The van der Waals surface area contributed by atoms with Gasteiger partial charge in [0.25, 0.3) is 0 Å². The number of hydrogen-bond donors (Lipinski definition) is 13. The third-order valence-electron chi connectivity index (χ3n) is 10.5. The topological polar surface area (TPSA) is 384 Å². The summed E-state index contributed by atoms with van der Waals surface area (Å²) in [6, 6.07) is 8.02. The van der Waals surface area contributed by atoms with E-state index in [9.17, 15) is 48.6 Å². The smallest absolute Gasteiger partial charge is 0.326 e. The minimum Gasteiger partial charge on any atom is -0.481 e. The van der Waals surface area contributed by atoms with Gasteiger partial charge in [0, 0.05) is 61.2 Å². The predicted octanol–water partition coefficient (Wildman–Crippen LogP) is -1.46. The second-order valence-corrected chi connectivity index (χ2v) is 16.7. The van der Waals surface area contributed by atoms with Crippen molar-refractivity contribution in [1.29, 1.82) is 0 Å². The number of nitrogens with zero attached hydrogens (tertiary/aromatic N) is 2. The van der Waals surface area contributed by atoms with Gasteiger partial charge in [-0.25, -0.2) is 9.78 Å². The molecule has 6 atom stereocenters. The zero-order chi connectivity index (χ0) is 49.6. The van der Waals surface area contributed by atoms with Crippen LogP contribution in [0.25, 0.3) is 10.9 Å². The molecule has 0 aliphatic carbocycles. The zero-order valence-electron chi connectivity index (χ0n) is 37.4. The Kier molecular flexibility index (Phi) is 21.3. The molecule has 4 rings (SSSR count). The molecular weight excluding hydrogens is 903 g/mol. The van der Waals surface area contributed by atoms with Crippen LogP contribution >= 0.6 is 11.8 Å². The molecular formula is C44H59N13O10S. The third kappa shape index (κ3) is 17.7. The molecule has 0 saturated carbocycles. The van der Waals surface area contributed by atoms with E-state index in [0.29, 0.717) is 22.6 Å². The maximum Gasteiger partial charge on any atom is 0.326 e. The van der Waals surface area contributed by atoms with Crippen molar-refractivity contribution in [2.24, 2.45) is 22.2 Å². The van der Waals surface area contributed by atoms with Crippen LogP contribution in [0, 0.1) is 0 Å². The van der Waals surface area contributed by atoms with Crippen LogP contribution in [-0.4, -0.2) is 140 Å². The highest BCUT2D eigenvalue weighted by Gasteiger charge is 2.32. The van der Waals surface area contributed by atoms with Gasteiger partial charge in [0.2, 0.25) is 35.4 Å². The number of fused-ring (bicyclic) bond motifs is 1. The van der Waals surface area contributed by atoms with Gasteiger partial charge in [-0.2, -0.15) is 11.8 Å². The standard InChI is InChI=1S/C44H59N13O10S/c1-68-17-15-33(43(66)67)55-42(65)35(19-26-21-50-30-11-6-5-10-28(26)30)57-41(64)32(13-14-37(59)60)53-36(58)23-51-39(62)34(18-25-8-3-2-4-9-25)56-40(63)31(12-7-16-49-44(46)47)54-38(61)29(45)20-27-22-48-24-52-27/h2-6,8-11,21-22,24,29,31-35,50H,7,12-20,23,45H2,1H3,(H,48,52)(H,51,62)(H,53,58)(H,54,61)(H,55,65)(H,56,63)(H,57,64)(H,59,60)(H,66,67)(H4,46,47,49)/t29-,31-,32-,33-,34-,35-/m0/s1. The van der Waals surface area contributed by atoms with E-state index in [2.05, 4.69) is 51.8 Å². The Hall–Kier alpha value is -7.47. The van der Waals surface area contributed by atoms with Crippen molar-refractivity contribution in [3.63, 3.8) is 0 Å². The number of benzene rings is 2. The van der Waals surface area contributed by atoms with Gasteiger partial charge in [0.1, 0.15) is 30.2 Å². The number of carboxylic acids is 2. The summed E-state index contributed by atoms with van der Waals surface area (Å²) in [5.41, 5.74) is 19.6. The Balaban J connectivity index is 1.50. The molecule has 16 N–H and O–H groups in total. The van der Waals surface area contributed by atoms with Crippen LogP contribution < -0.4 is 49.1 Å². The first-order chi connectivity index (χ1) is 32.5. The Labute approximate surface area is 395 Å². The highest BCUT2D eigenvalue weighted by molar-refractivity contribution is 7.98. The number of thioether (sulfide) groups is 1. The number of carbonyl (C=O) groups excluding carboxylic acids is 6. The lowest BCUT2D eigenvalue weighted by Crippen LogP contribution is -2.58. The lowest BCUT2D eigenvalue weighted by Gasteiger charge is -2.25. The largest absolute Gasteiger partial charge is 0.481 e. The Morgan fingerprint density at radius 2 is 1.35 bits per heavy atom. The highest BCUT2D eigenvalue weighted by Crippen LogP contribution is 2.20. The summed E-state index contributed by atoms with van der Waals surface area (Å²) in [5, 5.41) is 35.3. The summed E-state index contributed by atoms with van der Waals surface area (Å²) in [4.78, 5) is 120. The SMILES string of the molecule is CSCC[C@H](NC(=O)[C@H](Cc1c[nH]c2ccccc12)NC(=O)[C@H](CCC(=O)O)NC(=O)CNC(=O)[C@H](Cc1ccccc1)NC(=O)[C@H](CCCN=C(N)N)NC(=O)[C@@H](N)Cc1cnc[nH]1)C(=O)O. The number of hydrogen-bond acceptors (Lipinski definition) is 12. The van der Waals surface area contributed by atoms with Crippen molar-refractivity contribution in [2.45, 2.75) is 87.6 Å². The van der Waals surface area contributed by atoms with E-state index in [0.717, 1.165) is 10.9 Å². The van der Waals surface area contributed by atoms with Crippen LogP contribution in [-0.2, 0) is 57.6 Å². The normalized spacial score (nSPS) is 13.6. The Morgan fingerprint density at radius 1 is 0.721 bits per heavy atom. The highest BCUT2D eigenvalue weighted by atomic mass is 32.2. The first kappa shape index (κ1) is 53.1. The fourth-order valence-electron chi connectivity index (χ4n) is 6.95. The van der Waals surface area contributed by atoms with Crippen molar-refractivity contribution in [2.75, 3.05) is 25.1 Å². The quantitative estimate of drug-likeness (QED) is 0.0168. The van der Waals surface area contributed by atoms with Crippen molar-refractivity contribution < 1.29 is 48.6 Å². The summed E-state index contributed by atoms with van der Waals surface area (Å²) >= 11 is 1.38. The summed E-state index contributed by atoms with van der Waals surface area (Å²) in [5.74, 6) is -7.27. The number of nitrogens with one attached hydrogen (secondary N) is 8. The van der Waals surface area contributed by atoms with Crippen LogP contribution in [0.2, 0.25) is 0 Å². The minimum atomic E-state index is -1.54. The number of rotatable bonds is 29. The average Bonchev–Trinajstić information content (AvgIpc) is 3.98. The summed E-state index contributed by atoms with van der Waals surface area (Å²) in [6.45, 7) is -0.620. The second-order valence-electron chi connectivity index (χ2n) is 15.7. The molecule has 4 aromatic rings. The number of guanidine groups is 1. The van der Waals surface area contributed by atoms with Crippen LogP contribution in [0.15, 0.2) is 78.3 Å². The van der Waals surface area contributed by atoms with E-state index < -0.39 is 103 Å². The summed E-state index contributed by atoms with van der Waals surface area (Å²) in [6.07, 6.45) is 5.63. The molecule has 68 heavy (non-hydrogen) atoms. The molecule has 6 amide bonds. The van der Waals surface area contributed by atoms with Gasteiger partial charge in [-0.1, -0.05) is 48.5 Å². The molecule has 2 heterocycles. The molecule has 0 radical (unpaired) electrons. The molecule has 366 valence electrons. The maximum atomic E-state index is 13.9. The zero-order valence-corrected chi connectivity index (χ0v) is 38.2. The molecule has 2 aromatic heterocycles. The molecule has 0 saturated heterocycles. The number of aromatic amines is 2. The molecule has 0 fully saturated rings. The van der Waals surface area contributed by atoms with Crippen LogP contribution in [0.1, 0.15) is 48.9 Å². The van der Waals surface area contributed by atoms with Gasteiger partial charge in [-0.05, 0) is 54.9 Å². The number of aromatic nitrogens is 3. The number of carboxylic acid groups (broad SMARTS) is 2. The van der Waals surface area contributed by atoms with E-state index in [1.54, 1.807) is 61.0 Å². The lowest BCUT2D eigenvalue weighted by atomic mass is 10.0. The van der Waals surface area contributed by atoms with Crippen LogP contribution in [0.5, 0.6) is 0 Å². The Morgan fingerprint density at radius 3 is 2.00 bits per heavy atom. The predicted molar refractivity (Wildman–Crippen MR) is 252 cm³/mol. The minimum absolute atomic E-state index is 0.0372. The molecule has 2 aromatic carbocycles. The van der Waals surface area contributed by atoms with E-state index in [-0.39, 0.29) is 51.0 Å². The van der Waals surface area contributed by atoms with Crippen LogP contribution in [0.4, 0.5) is 0 Å². The maximum absolute atomic E-state index is 13.9. The number of imidazole rings is 1. The van der Waals surface area contributed by atoms with Gasteiger partial charge in [0.05, 0.1) is 18.9 Å². The molecule has 0 aliphatic rings. The fraction of sp³-hybridized carbons (Fsp3) is 0.409. The lowest BCUT2D eigenvalue weighted by molar-refractivity contribution is -0.142. The monoisotopic (exact) mass is 961 g/mol. The fourth-order valence-corrected chi connectivity index (χ4v) is 7.42. The van der Waals surface area contributed by atoms with Crippen LogP contribution in [0.3, 0.4) is 0 Å². The molecule has 0 unspecified atom stereocenters. The first-order valence-corrected chi connectivity index (χ1v) is 23.0. The van der Waals surface area contributed by atoms with E-state index in [1.165, 1.54) is 24.3 Å². The molecule has 0 aliphatic heterocycles. The third-order valence-corrected chi connectivity index (χ3v) is 11.1. The van der Waals surface area contributed by atoms with E-state index in [4.69, 9.17) is 17.2 Å². The number of aliphatic carboxylic acids is 2. The van der Waals surface area contributed by atoms with Crippen molar-refractivity contribution in [1.82, 2.24) is 46.9 Å². The summed E-state index contributed by atoms with van der Waals surface area (Å²) < 4.78 is 0. The van der Waals surface area contributed by atoms with E-state index in [1.807, 2.05) is 6.07 Å². The average molecular weight is 962 g/mol. The van der Waals surface area contributed by atoms with Crippen molar-refractivity contribution >= 4 is 76.0 Å². The number of amides is 6. The number of aliphatic imine (C=N–C) groups is 1. The number of para-hydroxylation sites is 1. The first-order valence-electron chi connectivity index (χ1n) is 21.6. The van der Waals surface area contributed by atoms with Gasteiger partial charge in [0.15, 0.2) is 5.96 Å². The molecule has 0 spiro atoms. The summed E-state index contributed by atoms with van der Waals surface area (Å²) in [7, 11) is 0. The Bertz CT molecular complexity index is 2360. The second kappa shape index (κ2) is 27.2. The van der Waals surface area contributed by atoms with E-state index >= 15 is 0 Å². The number of carbonyl (C=O) groups is 8. The number of H-pyrrole nitrogens is 2.